The highest BCUT2D eigenvalue weighted by atomic mass is 32.2. The van der Waals surface area contributed by atoms with Crippen LogP contribution >= 0.6 is 11.8 Å². The maximum absolute atomic E-state index is 6.45. The lowest BCUT2D eigenvalue weighted by atomic mass is 9.80. The van der Waals surface area contributed by atoms with E-state index in [1.807, 2.05) is 11.8 Å². The molecule has 0 bridgehead atoms. The molecule has 1 unspecified atom stereocenters. The molecule has 1 aromatic heterocycles. The zero-order chi connectivity index (χ0) is 13.1. The molecule has 5 heteroatoms. The van der Waals surface area contributed by atoms with Gasteiger partial charge in [0.15, 0.2) is 5.82 Å². The van der Waals surface area contributed by atoms with Crippen molar-refractivity contribution in [1.29, 1.82) is 0 Å². The van der Waals surface area contributed by atoms with Crippen molar-refractivity contribution in [3.05, 3.63) is 11.7 Å². The number of rotatable bonds is 3. The summed E-state index contributed by atoms with van der Waals surface area (Å²) >= 11 is 1.96. The lowest BCUT2D eigenvalue weighted by Crippen LogP contribution is -2.43. The van der Waals surface area contributed by atoms with E-state index in [9.17, 15) is 0 Å². The van der Waals surface area contributed by atoms with Gasteiger partial charge in [0.1, 0.15) is 0 Å². The quantitative estimate of drug-likeness (QED) is 0.921. The average molecular weight is 281 g/mol. The van der Waals surface area contributed by atoms with Crippen LogP contribution in [-0.4, -0.2) is 21.4 Å². The molecule has 0 spiro atoms. The molecule has 0 radical (unpaired) electrons. The minimum atomic E-state index is -0.109. The van der Waals surface area contributed by atoms with Crippen molar-refractivity contribution in [3.8, 4) is 0 Å². The summed E-state index contributed by atoms with van der Waals surface area (Å²) in [5, 5.41) is 4.61. The van der Waals surface area contributed by atoms with Crippen LogP contribution in [0.3, 0.4) is 0 Å². The molecule has 1 saturated heterocycles. The first-order chi connectivity index (χ1) is 9.25. The monoisotopic (exact) mass is 281 g/mol. The van der Waals surface area contributed by atoms with E-state index in [-0.39, 0.29) is 5.54 Å². The van der Waals surface area contributed by atoms with Crippen LogP contribution in [0.25, 0.3) is 0 Å². The van der Waals surface area contributed by atoms with Gasteiger partial charge in [0.05, 0.1) is 5.25 Å². The normalized spacial score (nSPS) is 27.3. The summed E-state index contributed by atoms with van der Waals surface area (Å²) in [5.41, 5.74) is 6.34. The molecule has 0 aromatic carbocycles. The van der Waals surface area contributed by atoms with Gasteiger partial charge in [-0.05, 0) is 31.4 Å². The number of hydrogen-bond acceptors (Lipinski definition) is 5. The molecule has 1 atom stereocenters. The molecule has 4 nitrogen and oxygen atoms in total. The average Bonchev–Trinajstić information content (AvgIpc) is 2.88. The van der Waals surface area contributed by atoms with Crippen LogP contribution in [0.4, 0.5) is 0 Å². The number of hydrogen-bond donors (Lipinski definition) is 1. The molecule has 0 amide bonds. The summed E-state index contributed by atoms with van der Waals surface area (Å²) in [6, 6.07) is 0. The van der Waals surface area contributed by atoms with Crippen LogP contribution in [0.15, 0.2) is 4.52 Å². The van der Waals surface area contributed by atoms with Crippen molar-refractivity contribution in [3.63, 3.8) is 0 Å². The molecule has 106 valence electrons. The minimum Gasteiger partial charge on any atom is -0.339 e. The van der Waals surface area contributed by atoms with E-state index in [0.29, 0.717) is 5.25 Å². The first-order valence-corrected chi connectivity index (χ1v) is 8.53. The molecule has 19 heavy (non-hydrogen) atoms. The maximum atomic E-state index is 6.45. The largest absolute Gasteiger partial charge is 0.339 e. The van der Waals surface area contributed by atoms with Crippen molar-refractivity contribution in [2.75, 3.05) is 5.75 Å². The van der Waals surface area contributed by atoms with Gasteiger partial charge >= 0.3 is 0 Å². The van der Waals surface area contributed by atoms with E-state index >= 15 is 0 Å². The molecule has 2 N–H and O–H groups in total. The third kappa shape index (κ3) is 3.31. The molecular formula is C14H23N3OS. The second-order valence-corrected chi connectivity index (χ2v) is 7.31. The third-order valence-electron chi connectivity index (χ3n) is 4.30. The van der Waals surface area contributed by atoms with E-state index < -0.39 is 0 Å². The Labute approximate surface area is 118 Å². The number of thioether (sulfide) groups is 1. The second-order valence-electron chi connectivity index (χ2n) is 6.00. The summed E-state index contributed by atoms with van der Waals surface area (Å²) in [6.45, 7) is 0. The Morgan fingerprint density at radius 3 is 2.79 bits per heavy atom. The van der Waals surface area contributed by atoms with Gasteiger partial charge in [0.2, 0.25) is 5.89 Å². The SMILES string of the molecule is NC1(Cc2nc(C3CCCCS3)no2)CCCCC1. The van der Waals surface area contributed by atoms with Gasteiger partial charge in [-0.1, -0.05) is 30.8 Å². The zero-order valence-corrected chi connectivity index (χ0v) is 12.3. The standard InChI is InChI=1S/C14H23N3OS/c15-14(7-3-1-4-8-14)10-12-16-13(17-18-12)11-6-2-5-9-19-11/h11H,1-10,15H2. The van der Waals surface area contributed by atoms with E-state index in [4.69, 9.17) is 10.3 Å². The zero-order valence-electron chi connectivity index (χ0n) is 11.4. The Kier molecular flexibility index (Phi) is 4.12. The predicted octanol–water partition coefficient (Wildman–Crippen LogP) is 3.23. The fourth-order valence-corrected chi connectivity index (χ4v) is 4.38. The van der Waals surface area contributed by atoms with E-state index in [1.165, 1.54) is 44.3 Å². The first kappa shape index (κ1) is 13.4. The molecule has 1 aliphatic carbocycles. The Balaban J connectivity index is 1.63. The third-order valence-corrected chi connectivity index (χ3v) is 5.68. The highest BCUT2D eigenvalue weighted by Gasteiger charge is 2.30. The van der Waals surface area contributed by atoms with Crippen molar-refractivity contribution in [2.24, 2.45) is 5.73 Å². The van der Waals surface area contributed by atoms with Crippen molar-refractivity contribution in [1.82, 2.24) is 10.1 Å². The molecule has 2 fully saturated rings. The highest BCUT2D eigenvalue weighted by molar-refractivity contribution is 7.99. The molecule has 1 aromatic rings. The topological polar surface area (TPSA) is 64.9 Å². The van der Waals surface area contributed by atoms with Gasteiger partial charge in [-0.15, -0.1) is 0 Å². The Morgan fingerprint density at radius 1 is 1.21 bits per heavy atom. The van der Waals surface area contributed by atoms with Gasteiger partial charge in [-0.2, -0.15) is 16.7 Å². The molecular weight excluding hydrogens is 258 g/mol. The Bertz CT molecular complexity index is 409. The van der Waals surface area contributed by atoms with E-state index in [1.54, 1.807) is 0 Å². The molecule has 2 heterocycles. The van der Waals surface area contributed by atoms with Crippen molar-refractivity contribution >= 4 is 11.8 Å². The molecule has 1 aliphatic heterocycles. The summed E-state index contributed by atoms with van der Waals surface area (Å²) in [7, 11) is 0. The van der Waals surface area contributed by atoms with Crippen LogP contribution in [0, 0.1) is 0 Å². The number of nitrogens with two attached hydrogens (primary N) is 1. The summed E-state index contributed by atoms with van der Waals surface area (Å²) in [5.74, 6) is 2.85. The first-order valence-electron chi connectivity index (χ1n) is 7.48. The minimum absolute atomic E-state index is 0.109. The lowest BCUT2D eigenvalue weighted by molar-refractivity contribution is 0.260. The smallest absolute Gasteiger partial charge is 0.228 e. The van der Waals surface area contributed by atoms with Crippen LogP contribution in [-0.2, 0) is 6.42 Å². The fourth-order valence-electron chi connectivity index (χ4n) is 3.15. The van der Waals surface area contributed by atoms with E-state index in [0.717, 1.165) is 31.0 Å². The van der Waals surface area contributed by atoms with Crippen LogP contribution in [0.5, 0.6) is 0 Å². The van der Waals surface area contributed by atoms with E-state index in [2.05, 4.69) is 10.1 Å². The molecule has 3 rings (SSSR count). The predicted molar refractivity (Wildman–Crippen MR) is 77.1 cm³/mol. The highest BCUT2D eigenvalue weighted by Crippen LogP contribution is 2.37. The maximum Gasteiger partial charge on any atom is 0.228 e. The summed E-state index contributed by atoms with van der Waals surface area (Å²) in [4.78, 5) is 4.59. The second kappa shape index (κ2) is 5.83. The number of aromatic nitrogens is 2. The Hall–Kier alpha value is -0.550. The van der Waals surface area contributed by atoms with Crippen molar-refractivity contribution < 1.29 is 4.52 Å². The molecule has 2 aliphatic rings. The van der Waals surface area contributed by atoms with Gasteiger partial charge < -0.3 is 10.3 Å². The number of nitrogens with zero attached hydrogens (tertiary/aromatic N) is 2. The van der Waals surface area contributed by atoms with Gasteiger partial charge in [-0.25, -0.2) is 0 Å². The molecule has 1 saturated carbocycles. The van der Waals surface area contributed by atoms with Gasteiger partial charge in [-0.3, -0.25) is 0 Å². The Morgan fingerprint density at radius 2 is 2.05 bits per heavy atom. The summed E-state index contributed by atoms with van der Waals surface area (Å²) < 4.78 is 5.43. The van der Waals surface area contributed by atoms with Crippen molar-refractivity contribution in [2.45, 2.75) is 68.6 Å². The summed E-state index contributed by atoms with van der Waals surface area (Å²) in [6.07, 6.45) is 10.5. The van der Waals surface area contributed by atoms with Crippen LogP contribution in [0.2, 0.25) is 0 Å². The van der Waals surface area contributed by atoms with Crippen LogP contribution in [0.1, 0.15) is 68.3 Å². The van der Waals surface area contributed by atoms with Gasteiger partial charge in [0, 0.05) is 12.0 Å². The van der Waals surface area contributed by atoms with Gasteiger partial charge in [0.25, 0.3) is 0 Å². The lowest BCUT2D eigenvalue weighted by Gasteiger charge is -2.31. The van der Waals surface area contributed by atoms with Crippen LogP contribution < -0.4 is 5.73 Å². The fraction of sp³-hybridized carbons (Fsp3) is 0.857.